The molecule has 174 valence electrons. The summed E-state index contributed by atoms with van der Waals surface area (Å²) >= 11 is 0. The number of nitrogens with zero attached hydrogens (tertiary/aromatic N) is 1. The Balaban J connectivity index is 1.72. The van der Waals surface area contributed by atoms with E-state index in [1.165, 1.54) is 17.0 Å². The fourth-order valence-corrected chi connectivity index (χ4v) is 4.24. The third-order valence-corrected chi connectivity index (χ3v) is 5.86. The van der Waals surface area contributed by atoms with E-state index in [2.05, 4.69) is 13.8 Å². The summed E-state index contributed by atoms with van der Waals surface area (Å²) in [7, 11) is 0. The summed E-state index contributed by atoms with van der Waals surface area (Å²) in [6, 6.07) is 12.4. The number of aromatic hydroxyl groups is 1. The van der Waals surface area contributed by atoms with Crippen LogP contribution in [-0.2, 0) is 14.3 Å². The lowest BCUT2D eigenvalue weighted by atomic mass is 9.95. The summed E-state index contributed by atoms with van der Waals surface area (Å²) in [5.74, 6) is -0.645. The maximum absolute atomic E-state index is 13.1. The second-order valence-electron chi connectivity index (χ2n) is 8.91. The number of carbonyl (C=O) groups is 2. The van der Waals surface area contributed by atoms with Crippen LogP contribution < -0.4 is 4.74 Å². The van der Waals surface area contributed by atoms with Crippen molar-refractivity contribution in [2.75, 3.05) is 19.8 Å². The second-order valence-corrected chi connectivity index (χ2v) is 8.91. The van der Waals surface area contributed by atoms with Crippen LogP contribution in [0.15, 0.2) is 54.1 Å². The Morgan fingerprint density at radius 2 is 1.94 bits per heavy atom. The van der Waals surface area contributed by atoms with Crippen molar-refractivity contribution in [2.24, 2.45) is 5.92 Å². The molecule has 2 aliphatic heterocycles. The number of aliphatic hydroxyl groups is 1. The lowest BCUT2D eigenvalue weighted by Gasteiger charge is -2.27. The van der Waals surface area contributed by atoms with Gasteiger partial charge in [-0.2, -0.15) is 0 Å². The first kappa shape index (κ1) is 22.9. The fraction of sp³-hybridized carbons (Fsp3) is 0.385. The molecule has 33 heavy (non-hydrogen) atoms. The van der Waals surface area contributed by atoms with Gasteiger partial charge in [-0.05, 0) is 60.7 Å². The largest absolute Gasteiger partial charge is 0.508 e. The van der Waals surface area contributed by atoms with E-state index in [1.807, 2.05) is 0 Å². The number of rotatable bonds is 7. The minimum atomic E-state index is -0.821. The summed E-state index contributed by atoms with van der Waals surface area (Å²) in [6.45, 7) is 5.53. The van der Waals surface area contributed by atoms with Crippen molar-refractivity contribution in [2.45, 2.75) is 38.8 Å². The highest BCUT2D eigenvalue weighted by Gasteiger charge is 2.47. The number of amides is 1. The predicted molar refractivity (Wildman–Crippen MR) is 123 cm³/mol. The van der Waals surface area contributed by atoms with Crippen LogP contribution in [0, 0.1) is 5.92 Å². The maximum Gasteiger partial charge on any atom is 0.295 e. The summed E-state index contributed by atoms with van der Waals surface area (Å²) in [6.07, 6.45) is 1.53. The summed E-state index contributed by atoms with van der Waals surface area (Å²) < 4.78 is 11.4. The smallest absolute Gasteiger partial charge is 0.295 e. The molecule has 4 rings (SSSR count). The number of benzene rings is 2. The third-order valence-electron chi connectivity index (χ3n) is 5.86. The summed E-state index contributed by atoms with van der Waals surface area (Å²) in [5.41, 5.74) is 0.956. The molecule has 7 heteroatoms. The molecule has 2 fully saturated rings. The van der Waals surface area contributed by atoms with Crippen LogP contribution in [0.4, 0.5) is 0 Å². The number of aliphatic hydroxyl groups excluding tert-OH is 1. The zero-order valence-corrected chi connectivity index (χ0v) is 18.9. The van der Waals surface area contributed by atoms with Gasteiger partial charge in [0, 0.05) is 18.7 Å². The van der Waals surface area contributed by atoms with Gasteiger partial charge < -0.3 is 24.6 Å². The van der Waals surface area contributed by atoms with Crippen molar-refractivity contribution in [3.63, 3.8) is 0 Å². The van der Waals surface area contributed by atoms with E-state index >= 15 is 0 Å². The van der Waals surface area contributed by atoms with Crippen LogP contribution in [0.5, 0.6) is 11.5 Å². The van der Waals surface area contributed by atoms with Gasteiger partial charge in [0.05, 0.1) is 24.3 Å². The van der Waals surface area contributed by atoms with E-state index < -0.39 is 17.7 Å². The molecule has 2 N–H and O–H groups in total. The molecule has 2 aliphatic rings. The van der Waals surface area contributed by atoms with E-state index in [1.54, 1.807) is 36.4 Å². The highest BCUT2D eigenvalue weighted by atomic mass is 16.5. The van der Waals surface area contributed by atoms with Gasteiger partial charge in [0.1, 0.15) is 17.3 Å². The molecule has 2 atom stereocenters. The number of Topliss-reactive ketones (excluding diaryl/α,β-unsaturated/α-hetero) is 1. The number of ketones is 1. The van der Waals surface area contributed by atoms with Crippen LogP contribution in [0.25, 0.3) is 5.76 Å². The maximum atomic E-state index is 13.1. The van der Waals surface area contributed by atoms with Crippen LogP contribution >= 0.6 is 0 Å². The number of ether oxygens (including phenoxy) is 2. The topological polar surface area (TPSA) is 96.3 Å². The molecule has 2 aromatic carbocycles. The average molecular weight is 452 g/mol. The van der Waals surface area contributed by atoms with Crippen LogP contribution in [0.3, 0.4) is 0 Å². The minimum absolute atomic E-state index is 0.000513. The Morgan fingerprint density at radius 3 is 2.58 bits per heavy atom. The number of hydrogen-bond acceptors (Lipinski definition) is 6. The summed E-state index contributed by atoms with van der Waals surface area (Å²) in [4.78, 5) is 27.5. The molecule has 2 heterocycles. The monoisotopic (exact) mass is 451 g/mol. The molecule has 0 spiro atoms. The number of carbonyl (C=O) groups excluding carboxylic acids is 2. The van der Waals surface area contributed by atoms with Gasteiger partial charge in [0.2, 0.25) is 0 Å². The van der Waals surface area contributed by atoms with Gasteiger partial charge in [0.25, 0.3) is 11.7 Å². The van der Waals surface area contributed by atoms with Crippen molar-refractivity contribution in [3.05, 3.63) is 65.2 Å². The molecule has 2 unspecified atom stereocenters. The molecule has 2 aromatic rings. The van der Waals surface area contributed by atoms with E-state index in [-0.39, 0.29) is 29.7 Å². The van der Waals surface area contributed by atoms with Crippen molar-refractivity contribution in [1.29, 1.82) is 0 Å². The molecule has 1 amide bonds. The van der Waals surface area contributed by atoms with Crippen LogP contribution in [0.1, 0.15) is 43.9 Å². The van der Waals surface area contributed by atoms with Gasteiger partial charge in [-0.3, -0.25) is 9.59 Å². The zero-order valence-electron chi connectivity index (χ0n) is 18.9. The van der Waals surface area contributed by atoms with Crippen LogP contribution in [-0.4, -0.2) is 52.7 Å². The first-order chi connectivity index (χ1) is 15.8. The van der Waals surface area contributed by atoms with E-state index in [4.69, 9.17) is 9.47 Å². The van der Waals surface area contributed by atoms with Crippen molar-refractivity contribution >= 4 is 17.4 Å². The van der Waals surface area contributed by atoms with Crippen LogP contribution in [0.2, 0.25) is 0 Å². The first-order valence-electron chi connectivity index (χ1n) is 11.3. The molecular weight excluding hydrogens is 422 g/mol. The Morgan fingerprint density at radius 1 is 1.18 bits per heavy atom. The van der Waals surface area contributed by atoms with Crippen molar-refractivity contribution in [1.82, 2.24) is 4.90 Å². The Labute approximate surface area is 193 Å². The number of phenols is 1. The van der Waals surface area contributed by atoms with E-state index in [0.29, 0.717) is 36.0 Å². The average Bonchev–Trinajstić information content (AvgIpc) is 3.40. The number of phenolic OH excluding ortho intramolecular Hbond substituents is 1. The van der Waals surface area contributed by atoms with Crippen molar-refractivity contribution in [3.8, 4) is 11.5 Å². The third kappa shape index (κ3) is 4.88. The molecule has 0 saturated carbocycles. The molecular formula is C26H29NO6. The van der Waals surface area contributed by atoms with Gasteiger partial charge in [-0.15, -0.1) is 0 Å². The van der Waals surface area contributed by atoms with E-state index in [9.17, 15) is 19.8 Å². The van der Waals surface area contributed by atoms with Gasteiger partial charge in [-0.25, -0.2) is 0 Å². The Hall–Kier alpha value is -3.32. The minimum Gasteiger partial charge on any atom is -0.508 e. The Bertz CT molecular complexity index is 1050. The zero-order chi connectivity index (χ0) is 23.5. The molecule has 2 saturated heterocycles. The molecule has 0 bridgehead atoms. The lowest BCUT2D eigenvalue weighted by molar-refractivity contribution is -0.140. The number of likely N-dealkylation sites (tertiary alicyclic amines) is 1. The van der Waals surface area contributed by atoms with Gasteiger partial charge >= 0.3 is 0 Å². The first-order valence-corrected chi connectivity index (χ1v) is 11.3. The van der Waals surface area contributed by atoms with Gasteiger partial charge in [0.15, 0.2) is 0 Å². The number of hydrogen-bond donors (Lipinski definition) is 2. The fourth-order valence-electron chi connectivity index (χ4n) is 4.24. The van der Waals surface area contributed by atoms with Gasteiger partial charge in [-0.1, -0.05) is 26.0 Å². The summed E-state index contributed by atoms with van der Waals surface area (Å²) in [5, 5.41) is 21.2. The SMILES string of the molecule is CC(C)COc1ccc(/C(O)=C2/C(=O)C(=O)N(CC3CCCO3)C2c2cccc(O)c2)cc1. The van der Waals surface area contributed by atoms with Crippen molar-refractivity contribution < 1.29 is 29.3 Å². The quantitative estimate of drug-likeness (QED) is 0.375. The normalized spacial score (nSPS) is 22.3. The standard InChI is InChI=1S/C26H29NO6/c1-16(2)15-33-20-10-8-17(9-11-20)24(29)22-23(18-5-3-6-19(28)13-18)27(26(31)25(22)30)14-21-7-4-12-32-21/h3,5-6,8-11,13,16,21,23,28-29H,4,7,12,14-15H2,1-2H3/b24-22-. The highest BCUT2D eigenvalue weighted by Crippen LogP contribution is 2.41. The second kappa shape index (κ2) is 9.67. The molecule has 0 aromatic heterocycles. The lowest BCUT2D eigenvalue weighted by Crippen LogP contribution is -2.36. The Kier molecular flexibility index (Phi) is 6.70. The highest BCUT2D eigenvalue weighted by molar-refractivity contribution is 6.46. The predicted octanol–water partition coefficient (Wildman–Crippen LogP) is 4.03. The molecule has 7 nitrogen and oxygen atoms in total. The van der Waals surface area contributed by atoms with E-state index in [0.717, 1.165) is 12.8 Å². The molecule has 0 radical (unpaired) electrons. The molecule has 0 aliphatic carbocycles.